The largest absolute Gasteiger partial charge is 0.342 e. The molecule has 1 saturated heterocycles. The summed E-state index contributed by atoms with van der Waals surface area (Å²) in [6, 6.07) is 0.438. The molecule has 0 radical (unpaired) electrons. The monoisotopic (exact) mass is 212 g/mol. The predicted molar refractivity (Wildman–Crippen MR) is 62.7 cm³/mol. The van der Waals surface area contributed by atoms with Crippen LogP contribution < -0.4 is 0 Å². The Morgan fingerprint density at radius 1 is 1.27 bits per heavy atom. The Labute approximate surface area is 93.4 Å². The van der Waals surface area contributed by atoms with Gasteiger partial charge in [-0.1, -0.05) is 20.8 Å². The van der Waals surface area contributed by atoms with Gasteiger partial charge in [-0.25, -0.2) is 0 Å². The van der Waals surface area contributed by atoms with Gasteiger partial charge in [-0.2, -0.15) is 0 Å². The topological polar surface area (TPSA) is 23.6 Å². The molecule has 1 amide bonds. The van der Waals surface area contributed by atoms with Crippen LogP contribution in [0.5, 0.6) is 0 Å². The molecule has 0 bridgehead atoms. The van der Waals surface area contributed by atoms with Crippen molar-refractivity contribution in [2.45, 2.75) is 39.7 Å². The second kappa shape index (κ2) is 4.52. The van der Waals surface area contributed by atoms with Crippen molar-refractivity contribution in [1.82, 2.24) is 9.80 Å². The van der Waals surface area contributed by atoms with E-state index in [0.717, 1.165) is 25.9 Å². The van der Waals surface area contributed by atoms with Gasteiger partial charge in [0.25, 0.3) is 0 Å². The van der Waals surface area contributed by atoms with Gasteiger partial charge in [0.05, 0.1) is 0 Å². The van der Waals surface area contributed by atoms with Crippen LogP contribution in [0.2, 0.25) is 0 Å². The molecule has 15 heavy (non-hydrogen) atoms. The fourth-order valence-corrected chi connectivity index (χ4v) is 2.08. The van der Waals surface area contributed by atoms with Crippen molar-refractivity contribution in [1.29, 1.82) is 0 Å². The predicted octanol–water partition coefficient (Wildman–Crippen LogP) is 1.59. The van der Waals surface area contributed by atoms with E-state index in [-0.39, 0.29) is 11.3 Å². The van der Waals surface area contributed by atoms with Crippen LogP contribution in [0, 0.1) is 5.41 Å². The summed E-state index contributed by atoms with van der Waals surface area (Å²) in [6.45, 7) is 8.17. The van der Waals surface area contributed by atoms with Crippen LogP contribution in [0.3, 0.4) is 0 Å². The third-order valence-corrected chi connectivity index (χ3v) is 3.20. The second-order valence-electron chi connectivity index (χ2n) is 5.70. The molecule has 0 atom stereocenters. The van der Waals surface area contributed by atoms with Crippen LogP contribution in [0.1, 0.15) is 33.6 Å². The van der Waals surface area contributed by atoms with E-state index in [1.54, 1.807) is 0 Å². The number of carbonyl (C=O) groups is 1. The van der Waals surface area contributed by atoms with Crippen LogP contribution in [-0.4, -0.2) is 48.9 Å². The lowest BCUT2D eigenvalue weighted by Crippen LogP contribution is -2.47. The Bertz CT molecular complexity index is 224. The Morgan fingerprint density at radius 3 is 2.13 bits per heavy atom. The minimum atomic E-state index is -0.252. The summed E-state index contributed by atoms with van der Waals surface area (Å²) in [7, 11) is 4.09. The maximum Gasteiger partial charge on any atom is 0.227 e. The Kier molecular flexibility index (Phi) is 3.77. The first-order valence-corrected chi connectivity index (χ1v) is 5.78. The zero-order valence-electron chi connectivity index (χ0n) is 10.7. The molecule has 88 valence electrons. The first-order chi connectivity index (χ1) is 6.82. The van der Waals surface area contributed by atoms with Gasteiger partial charge in [-0.15, -0.1) is 0 Å². The lowest BCUT2D eigenvalue weighted by molar-refractivity contribution is -0.141. The van der Waals surface area contributed by atoms with Gasteiger partial charge in [0.2, 0.25) is 5.91 Å². The highest BCUT2D eigenvalue weighted by Crippen LogP contribution is 2.21. The summed E-state index contributed by atoms with van der Waals surface area (Å²) in [5, 5.41) is 0. The summed E-state index contributed by atoms with van der Waals surface area (Å²) >= 11 is 0. The lowest BCUT2D eigenvalue weighted by Gasteiger charge is -2.37. The lowest BCUT2D eigenvalue weighted by atomic mass is 9.93. The zero-order chi connectivity index (χ0) is 11.6. The number of rotatable bonds is 1. The fraction of sp³-hybridized carbons (Fsp3) is 0.917. The molecule has 1 heterocycles. The molecule has 0 aromatic rings. The maximum absolute atomic E-state index is 12.1. The number of hydrogen-bond donors (Lipinski definition) is 0. The SMILES string of the molecule is CN1CCC(N(C)C(=O)C(C)(C)C)CC1. The molecule has 0 aliphatic carbocycles. The summed E-state index contributed by atoms with van der Waals surface area (Å²) < 4.78 is 0. The normalized spacial score (nSPS) is 20.3. The third-order valence-electron chi connectivity index (χ3n) is 3.20. The number of carbonyl (C=O) groups excluding carboxylic acids is 1. The molecular formula is C12H24N2O. The van der Waals surface area contributed by atoms with E-state index < -0.39 is 0 Å². The van der Waals surface area contributed by atoms with E-state index in [2.05, 4.69) is 11.9 Å². The van der Waals surface area contributed by atoms with Gasteiger partial charge >= 0.3 is 0 Å². The van der Waals surface area contributed by atoms with E-state index in [0.29, 0.717) is 6.04 Å². The van der Waals surface area contributed by atoms with Crippen LogP contribution in [0.25, 0.3) is 0 Å². The summed E-state index contributed by atoms with van der Waals surface area (Å²) in [6.07, 6.45) is 2.21. The summed E-state index contributed by atoms with van der Waals surface area (Å²) in [5.74, 6) is 0.261. The van der Waals surface area contributed by atoms with Crippen molar-refractivity contribution in [2.24, 2.45) is 5.41 Å². The molecule has 1 rings (SSSR count). The standard InChI is InChI=1S/C12H24N2O/c1-12(2,3)11(15)14(5)10-6-8-13(4)9-7-10/h10H,6-9H2,1-5H3. The third kappa shape index (κ3) is 3.20. The van der Waals surface area contributed by atoms with E-state index in [1.807, 2.05) is 32.7 Å². The van der Waals surface area contributed by atoms with E-state index in [4.69, 9.17) is 0 Å². The first kappa shape index (κ1) is 12.5. The van der Waals surface area contributed by atoms with Crippen molar-refractivity contribution in [3.63, 3.8) is 0 Å². The van der Waals surface area contributed by atoms with Crippen molar-refractivity contribution >= 4 is 5.91 Å². The van der Waals surface area contributed by atoms with Crippen LogP contribution in [-0.2, 0) is 4.79 Å². The molecule has 0 spiro atoms. The molecule has 0 saturated carbocycles. The Balaban J connectivity index is 2.54. The second-order valence-corrected chi connectivity index (χ2v) is 5.70. The Hall–Kier alpha value is -0.570. The number of nitrogens with zero attached hydrogens (tertiary/aromatic N) is 2. The molecule has 1 fully saturated rings. The molecule has 0 unspecified atom stereocenters. The van der Waals surface area contributed by atoms with Crippen LogP contribution >= 0.6 is 0 Å². The molecule has 0 aromatic carbocycles. The molecule has 1 aliphatic rings. The molecule has 1 aliphatic heterocycles. The van der Waals surface area contributed by atoms with Gasteiger partial charge in [-0.05, 0) is 33.0 Å². The average molecular weight is 212 g/mol. The van der Waals surface area contributed by atoms with E-state index in [1.165, 1.54) is 0 Å². The van der Waals surface area contributed by atoms with Gasteiger partial charge in [0.1, 0.15) is 0 Å². The van der Waals surface area contributed by atoms with E-state index in [9.17, 15) is 4.79 Å². The van der Waals surface area contributed by atoms with Gasteiger partial charge in [0.15, 0.2) is 0 Å². The van der Waals surface area contributed by atoms with Crippen LogP contribution in [0.15, 0.2) is 0 Å². The number of hydrogen-bond acceptors (Lipinski definition) is 2. The number of piperidine rings is 1. The van der Waals surface area contributed by atoms with Crippen molar-refractivity contribution in [3.05, 3.63) is 0 Å². The van der Waals surface area contributed by atoms with E-state index >= 15 is 0 Å². The highest BCUT2D eigenvalue weighted by molar-refractivity contribution is 5.81. The quantitative estimate of drug-likeness (QED) is 0.659. The average Bonchev–Trinajstić information content (AvgIpc) is 2.15. The minimum absolute atomic E-state index is 0.252. The highest BCUT2D eigenvalue weighted by atomic mass is 16.2. The van der Waals surface area contributed by atoms with Crippen molar-refractivity contribution in [2.75, 3.05) is 27.2 Å². The van der Waals surface area contributed by atoms with Crippen LogP contribution in [0.4, 0.5) is 0 Å². The minimum Gasteiger partial charge on any atom is -0.342 e. The van der Waals surface area contributed by atoms with Crippen molar-refractivity contribution in [3.8, 4) is 0 Å². The fourth-order valence-electron chi connectivity index (χ4n) is 2.08. The maximum atomic E-state index is 12.1. The molecule has 0 N–H and O–H groups in total. The van der Waals surface area contributed by atoms with Gasteiger partial charge < -0.3 is 9.80 Å². The smallest absolute Gasteiger partial charge is 0.227 e. The molecular weight excluding hydrogens is 188 g/mol. The summed E-state index contributed by atoms with van der Waals surface area (Å²) in [4.78, 5) is 16.3. The van der Waals surface area contributed by atoms with Gasteiger partial charge in [0, 0.05) is 18.5 Å². The number of amides is 1. The number of likely N-dealkylation sites (tertiary alicyclic amines) is 1. The molecule has 0 aromatic heterocycles. The van der Waals surface area contributed by atoms with Crippen molar-refractivity contribution < 1.29 is 4.79 Å². The molecule has 3 nitrogen and oxygen atoms in total. The van der Waals surface area contributed by atoms with Gasteiger partial charge in [-0.3, -0.25) is 4.79 Å². The first-order valence-electron chi connectivity index (χ1n) is 5.78. The molecule has 3 heteroatoms. The zero-order valence-corrected chi connectivity index (χ0v) is 10.7. The highest BCUT2D eigenvalue weighted by Gasteiger charge is 2.30. The summed E-state index contributed by atoms with van der Waals surface area (Å²) in [5.41, 5.74) is -0.252. The Morgan fingerprint density at radius 2 is 1.73 bits per heavy atom.